The van der Waals surface area contributed by atoms with Crippen LogP contribution in [0.1, 0.15) is 26.2 Å². The lowest BCUT2D eigenvalue weighted by Crippen LogP contribution is -2.44. The van der Waals surface area contributed by atoms with E-state index < -0.39 is 6.04 Å². The number of hydrogen-bond donors (Lipinski definition) is 6. The van der Waals surface area contributed by atoms with Crippen molar-refractivity contribution in [2.75, 3.05) is 6.54 Å². The highest BCUT2D eigenvalue weighted by molar-refractivity contribution is 5.88. The highest BCUT2D eigenvalue weighted by Crippen LogP contribution is 2.00. The summed E-state index contributed by atoms with van der Waals surface area (Å²) in [6.07, 6.45) is 1.65. The van der Waals surface area contributed by atoms with Gasteiger partial charge in [-0.2, -0.15) is 0 Å². The van der Waals surface area contributed by atoms with Gasteiger partial charge in [0.05, 0.1) is 6.04 Å². The predicted octanol–water partition coefficient (Wildman–Crippen LogP) is -0.920. The molecule has 8 N–H and O–H groups in total. The van der Waals surface area contributed by atoms with Crippen LogP contribution in [0.3, 0.4) is 0 Å². The number of Topliss-reactive ketones (excluding diaryl/α,β-unsaturated/α-hetero) is 1. The Morgan fingerprint density at radius 2 is 1.94 bits per heavy atom. The Hall–Kier alpha value is -1.79. The summed E-state index contributed by atoms with van der Waals surface area (Å²) in [5.74, 6) is -0.262. The Labute approximate surface area is 95.0 Å². The quantitative estimate of drug-likeness (QED) is 0.190. The van der Waals surface area contributed by atoms with Gasteiger partial charge in [0.2, 0.25) is 0 Å². The number of carbonyl (C=O) groups excluding carboxylic acids is 1. The Balaban J connectivity index is 3.97. The fourth-order valence-corrected chi connectivity index (χ4v) is 1.28. The number of hydrogen-bond acceptors (Lipinski definition) is 3. The number of ketones is 1. The summed E-state index contributed by atoms with van der Waals surface area (Å²) in [5.41, 5.74) is 10.3. The first-order valence-corrected chi connectivity index (χ1v) is 5.18. The van der Waals surface area contributed by atoms with E-state index in [4.69, 9.17) is 22.3 Å². The number of nitrogens with two attached hydrogens (primary N) is 2. The predicted molar refractivity (Wildman–Crippen MR) is 63.3 cm³/mol. The van der Waals surface area contributed by atoms with Gasteiger partial charge in [-0.3, -0.25) is 15.6 Å². The highest BCUT2D eigenvalue weighted by atomic mass is 16.1. The van der Waals surface area contributed by atoms with E-state index in [9.17, 15) is 4.79 Å². The van der Waals surface area contributed by atoms with Gasteiger partial charge >= 0.3 is 0 Å². The second-order valence-corrected chi connectivity index (χ2v) is 3.41. The molecule has 0 aromatic carbocycles. The molecule has 0 aliphatic carbocycles. The van der Waals surface area contributed by atoms with Crippen molar-refractivity contribution in [2.24, 2.45) is 11.5 Å². The molecule has 0 aliphatic heterocycles. The molecule has 0 heterocycles. The summed E-state index contributed by atoms with van der Waals surface area (Å²) in [7, 11) is 0. The molecule has 1 unspecified atom stereocenters. The smallest absolute Gasteiger partial charge is 0.186 e. The fourth-order valence-electron chi connectivity index (χ4n) is 1.28. The van der Waals surface area contributed by atoms with Crippen LogP contribution in [-0.4, -0.2) is 30.3 Å². The zero-order chi connectivity index (χ0) is 12.6. The van der Waals surface area contributed by atoms with Crippen molar-refractivity contribution in [3.8, 4) is 0 Å². The first-order valence-electron chi connectivity index (χ1n) is 5.18. The number of guanidine groups is 2. The molecule has 0 amide bonds. The average molecular weight is 228 g/mol. The van der Waals surface area contributed by atoms with Crippen LogP contribution in [0.4, 0.5) is 0 Å². The topological polar surface area (TPSA) is 141 Å². The van der Waals surface area contributed by atoms with E-state index in [-0.39, 0.29) is 17.7 Å². The summed E-state index contributed by atoms with van der Waals surface area (Å²) in [4.78, 5) is 11.5. The van der Waals surface area contributed by atoms with Gasteiger partial charge in [-0.1, -0.05) is 6.92 Å². The van der Waals surface area contributed by atoms with Gasteiger partial charge in [-0.05, 0) is 12.8 Å². The maximum absolute atomic E-state index is 11.5. The van der Waals surface area contributed by atoms with Crippen molar-refractivity contribution in [2.45, 2.75) is 32.2 Å². The minimum absolute atomic E-state index is 0.0259. The fraction of sp³-hybridized carbons (Fsp3) is 0.667. The summed E-state index contributed by atoms with van der Waals surface area (Å²) in [6, 6.07) is -0.420. The Morgan fingerprint density at radius 3 is 2.38 bits per heavy atom. The molecule has 92 valence electrons. The van der Waals surface area contributed by atoms with Crippen LogP contribution in [0.2, 0.25) is 0 Å². The molecule has 0 fully saturated rings. The number of nitrogens with one attached hydrogen (secondary N) is 4. The van der Waals surface area contributed by atoms with Crippen LogP contribution < -0.4 is 22.1 Å². The molecule has 0 aromatic heterocycles. The average Bonchev–Trinajstić information content (AvgIpc) is 2.20. The molecule has 0 saturated carbocycles. The van der Waals surface area contributed by atoms with Gasteiger partial charge in [0, 0.05) is 13.0 Å². The highest BCUT2D eigenvalue weighted by Gasteiger charge is 2.15. The monoisotopic (exact) mass is 228 g/mol. The molecule has 0 aromatic rings. The summed E-state index contributed by atoms with van der Waals surface area (Å²) < 4.78 is 0. The Bertz CT molecular complexity index is 265. The molecule has 0 radical (unpaired) electrons. The normalized spacial score (nSPS) is 11.6. The van der Waals surface area contributed by atoms with E-state index in [0.29, 0.717) is 25.8 Å². The molecule has 1 atom stereocenters. The van der Waals surface area contributed by atoms with Crippen LogP contribution in [0.25, 0.3) is 0 Å². The number of rotatable bonds is 7. The summed E-state index contributed by atoms with van der Waals surface area (Å²) in [6.45, 7) is 2.30. The van der Waals surface area contributed by atoms with Crippen molar-refractivity contribution in [3.05, 3.63) is 0 Å². The Kier molecular flexibility index (Phi) is 6.66. The van der Waals surface area contributed by atoms with Crippen LogP contribution in [0.15, 0.2) is 0 Å². The van der Waals surface area contributed by atoms with E-state index in [1.165, 1.54) is 0 Å². The first-order chi connectivity index (χ1) is 7.47. The van der Waals surface area contributed by atoms with Crippen LogP contribution in [-0.2, 0) is 4.79 Å². The van der Waals surface area contributed by atoms with E-state index >= 15 is 0 Å². The van der Waals surface area contributed by atoms with Gasteiger partial charge < -0.3 is 22.1 Å². The van der Waals surface area contributed by atoms with Crippen molar-refractivity contribution >= 4 is 17.7 Å². The molecular formula is C9H20N6O. The van der Waals surface area contributed by atoms with Gasteiger partial charge in [0.15, 0.2) is 17.7 Å². The van der Waals surface area contributed by atoms with Crippen LogP contribution in [0, 0.1) is 10.8 Å². The summed E-state index contributed by atoms with van der Waals surface area (Å²) >= 11 is 0. The molecule has 7 nitrogen and oxygen atoms in total. The molecule has 0 aliphatic rings. The molecule has 7 heteroatoms. The third-order valence-electron chi connectivity index (χ3n) is 2.05. The van der Waals surface area contributed by atoms with Gasteiger partial charge in [0.1, 0.15) is 0 Å². The van der Waals surface area contributed by atoms with Crippen molar-refractivity contribution < 1.29 is 4.79 Å². The van der Waals surface area contributed by atoms with E-state index in [1.807, 2.05) is 0 Å². The molecule has 0 bridgehead atoms. The largest absolute Gasteiger partial charge is 0.370 e. The van der Waals surface area contributed by atoms with Crippen molar-refractivity contribution in [1.29, 1.82) is 10.8 Å². The van der Waals surface area contributed by atoms with Gasteiger partial charge in [-0.25, -0.2) is 0 Å². The maximum atomic E-state index is 11.5. The Morgan fingerprint density at radius 1 is 1.31 bits per heavy atom. The van der Waals surface area contributed by atoms with Gasteiger partial charge in [0.25, 0.3) is 0 Å². The first kappa shape index (κ1) is 14.2. The molecule has 0 rings (SSSR count). The minimum atomic E-state index is -0.420. The van der Waals surface area contributed by atoms with Crippen LogP contribution in [0.5, 0.6) is 0 Å². The second-order valence-electron chi connectivity index (χ2n) is 3.41. The molecule has 16 heavy (non-hydrogen) atoms. The standard InChI is InChI=1S/C9H20N6O/c1-2-7(16)6(15-9(12)13)4-3-5-14-8(10)11/h6H,2-5H2,1H3,(H4,10,11,14)(H4,12,13,15). The molecule has 0 saturated heterocycles. The SMILES string of the molecule is CCC(=O)C(CCCNC(=N)N)NC(=N)N. The maximum Gasteiger partial charge on any atom is 0.186 e. The number of carbonyl (C=O) groups is 1. The third kappa shape index (κ3) is 6.63. The van der Waals surface area contributed by atoms with Crippen molar-refractivity contribution in [3.63, 3.8) is 0 Å². The van der Waals surface area contributed by atoms with Crippen molar-refractivity contribution in [1.82, 2.24) is 10.6 Å². The summed E-state index contributed by atoms with van der Waals surface area (Å²) in [5, 5.41) is 19.3. The lowest BCUT2D eigenvalue weighted by atomic mass is 10.1. The van der Waals surface area contributed by atoms with Gasteiger partial charge in [-0.15, -0.1) is 0 Å². The van der Waals surface area contributed by atoms with Crippen LogP contribution >= 0.6 is 0 Å². The zero-order valence-corrected chi connectivity index (χ0v) is 9.47. The van der Waals surface area contributed by atoms with E-state index in [0.717, 1.165) is 0 Å². The van der Waals surface area contributed by atoms with E-state index in [1.54, 1.807) is 6.92 Å². The lowest BCUT2D eigenvalue weighted by Gasteiger charge is -2.16. The third-order valence-corrected chi connectivity index (χ3v) is 2.05. The molecule has 0 spiro atoms. The zero-order valence-electron chi connectivity index (χ0n) is 9.47. The lowest BCUT2D eigenvalue weighted by molar-refractivity contribution is -0.120. The molecular weight excluding hydrogens is 208 g/mol. The second kappa shape index (κ2) is 7.49. The van der Waals surface area contributed by atoms with E-state index in [2.05, 4.69) is 10.6 Å². The minimum Gasteiger partial charge on any atom is -0.370 e.